The van der Waals surface area contributed by atoms with Gasteiger partial charge in [0.1, 0.15) is 0 Å². The van der Waals surface area contributed by atoms with Crippen molar-refractivity contribution in [1.82, 2.24) is 15.5 Å². The molecule has 2 N–H and O–H groups in total. The van der Waals surface area contributed by atoms with Gasteiger partial charge in [-0.25, -0.2) is 0 Å². The van der Waals surface area contributed by atoms with E-state index in [-0.39, 0.29) is 30.9 Å². The molecule has 1 aromatic carbocycles. The van der Waals surface area contributed by atoms with Crippen LogP contribution >= 0.6 is 11.6 Å². The summed E-state index contributed by atoms with van der Waals surface area (Å²) in [7, 11) is 0. The molecule has 1 aliphatic rings. The fourth-order valence-electron chi connectivity index (χ4n) is 2.43. The highest BCUT2D eigenvalue weighted by molar-refractivity contribution is 6.30. The van der Waals surface area contributed by atoms with Crippen molar-refractivity contribution in [3.63, 3.8) is 0 Å². The Morgan fingerprint density at radius 3 is 2.45 bits per heavy atom. The summed E-state index contributed by atoms with van der Waals surface area (Å²) in [6, 6.07) is 7.54. The average molecular weight is 324 g/mol. The molecule has 0 spiro atoms. The van der Waals surface area contributed by atoms with Gasteiger partial charge in [-0.3, -0.25) is 9.59 Å². The topological polar surface area (TPSA) is 61.4 Å². The molecule has 1 fully saturated rings. The molecular formula is C16H22ClN3O2. The van der Waals surface area contributed by atoms with Crippen molar-refractivity contribution in [2.75, 3.05) is 26.2 Å². The van der Waals surface area contributed by atoms with Gasteiger partial charge < -0.3 is 15.5 Å². The number of nitrogens with zero attached hydrogens (tertiary/aromatic N) is 1. The van der Waals surface area contributed by atoms with Crippen molar-refractivity contribution in [3.8, 4) is 0 Å². The number of halogens is 1. The minimum absolute atomic E-state index is 0.00315. The maximum Gasteiger partial charge on any atom is 0.241 e. The number of carbonyl (C=O) groups is 2. The van der Waals surface area contributed by atoms with Gasteiger partial charge in [-0.15, -0.1) is 0 Å². The van der Waals surface area contributed by atoms with E-state index < -0.39 is 0 Å². The number of nitrogens with one attached hydrogen (secondary N) is 2. The number of hydrogen-bond donors (Lipinski definition) is 2. The summed E-state index contributed by atoms with van der Waals surface area (Å²) in [5.41, 5.74) is 1.06. The fourth-order valence-corrected chi connectivity index (χ4v) is 2.56. The Hall–Kier alpha value is -1.59. The summed E-state index contributed by atoms with van der Waals surface area (Å²) in [6.07, 6.45) is 2.11. The normalized spacial score (nSPS) is 15.6. The van der Waals surface area contributed by atoms with Crippen molar-refractivity contribution in [2.24, 2.45) is 0 Å². The largest absolute Gasteiger partial charge is 0.346 e. The molecule has 2 amide bonds. The second-order valence-electron chi connectivity index (χ2n) is 5.52. The molecule has 120 valence electrons. The molecular weight excluding hydrogens is 302 g/mol. The molecule has 0 saturated carbocycles. The lowest BCUT2D eigenvalue weighted by atomic mass is 10.1. The van der Waals surface area contributed by atoms with Crippen molar-refractivity contribution < 1.29 is 9.59 Å². The number of likely N-dealkylation sites (tertiary alicyclic amines) is 1. The number of amides is 2. The maximum atomic E-state index is 11.8. The zero-order valence-electron chi connectivity index (χ0n) is 12.8. The van der Waals surface area contributed by atoms with Crippen molar-refractivity contribution in [3.05, 3.63) is 34.9 Å². The number of benzene rings is 1. The third kappa shape index (κ3) is 5.00. The Morgan fingerprint density at radius 2 is 1.82 bits per heavy atom. The van der Waals surface area contributed by atoms with Crippen LogP contribution in [0.5, 0.6) is 0 Å². The molecule has 1 atom stereocenters. The molecule has 1 aliphatic heterocycles. The van der Waals surface area contributed by atoms with Gasteiger partial charge in [0.15, 0.2) is 0 Å². The van der Waals surface area contributed by atoms with E-state index >= 15 is 0 Å². The van der Waals surface area contributed by atoms with E-state index in [2.05, 4.69) is 10.6 Å². The lowest BCUT2D eigenvalue weighted by Crippen LogP contribution is -2.42. The Kier molecular flexibility index (Phi) is 6.21. The van der Waals surface area contributed by atoms with Gasteiger partial charge in [0.2, 0.25) is 11.8 Å². The quantitative estimate of drug-likeness (QED) is 0.838. The lowest BCUT2D eigenvalue weighted by Gasteiger charge is -2.17. The third-order valence-corrected chi connectivity index (χ3v) is 4.09. The minimum Gasteiger partial charge on any atom is -0.346 e. The van der Waals surface area contributed by atoms with E-state index in [1.165, 1.54) is 0 Å². The van der Waals surface area contributed by atoms with Crippen LogP contribution in [-0.2, 0) is 9.59 Å². The molecule has 0 bridgehead atoms. The smallest absolute Gasteiger partial charge is 0.241 e. The van der Waals surface area contributed by atoms with Crippen LogP contribution in [0.3, 0.4) is 0 Å². The average Bonchev–Trinajstić information content (AvgIpc) is 3.05. The first kappa shape index (κ1) is 16.8. The first-order chi connectivity index (χ1) is 10.6. The van der Waals surface area contributed by atoms with E-state index in [0.29, 0.717) is 5.02 Å². The van der Waals surface area contributed by atoms with E-state index in [9.17, 15) is 9.59 Å². The standard InChI is InChI=1S/C16H22ClN3O2/c1-12(13-4-6-14(17)7-5-13)18-10-15(21)19-11-16(22)20-8-2-3-9-20/h4-7,12,18H,2-3,8-11H2,1H3,(H,19,21). The van der Waals surface area contributed by atoms with Gasteiger partial charge in [0, 0.05) is 24.2 Å². The number of carbonyl (C=O) groups excluding carboxylic acids is 2. The van der Waals surface area contributed by atoms with Crippen LogP contribution in [0, 0.1) is 0 Å². The van der Waals surface area contributed by atoms with Crippen LogP contribution in [0.2, 0.25) is 5.02 Å². The molecule has 2 rings (SSSR count). The summed E-state index contributed by atoms with van der Waals surface area (Å²) >= 11 is 5.85. The van der Waals surface area contributed by atoms with Crippen LogP contribution in [0.1, 0.15) is 31.4 Å². The Morgan fingerprint density at radius 1 is 1.18 bits per heavy atom. The molecule has 0 radical (unpaired) electrons. The van der Waals surface area contributed by atoms with Crippen LogP contribution in [0.4, 0.5) is 0 Å². The molecule has 5 nitrogen and oxygen atoms in total. The molecule has 6 heteroatoms. The molecule has 22 heavy (non-hydrogen) atoms. The monoisotopic (exact) mass is 323 g/mol. The van der Waals surface area contributed by atoms with Crippen molar-refractivity contribution >= 4 is 23.4 Å². The zero-order chi connectivity index (χ0) is 15.9. The SMILES string of the molecule is CC(NCC(=O)NCC(=O)N1CCCC1)c1ccc(Cl)cc1. The van der Waals surface area contributed by atoms with E-state index in [4.69, 9.17) is 11.6 Å². The van der Waals surface area contributed by atoms with Gasteiger partial charge in [0.05, 0.1) is 13.1 Å². The van der Waals surface area contributed by atoms with Gasteiger partial charge in [0.25, 0.3) is 0 Å². The highest BCUT2D eigenvalue weighted by atomic mass is 35.5. The lowest BCUT2D eigenvalue weighted by molar-refractivity contribution is -0.131. The Labute approximate surface area is 136 Å². The predicted molar refractivity (Wildman–Crippen MR) is 86.7 cm³/mol. The second kappa shape index (κ2) is 8.15. The predicted octanol–water partition coefficient (Wildman–Crippen LogP) is 1.73. The highest BCUT2D eigenvalue weighted by Gasteiger charge is 2.18. The zero-order valence-corrected chi connectivity index (χ0v) is 13.5. The summed E-state index contributed by atoms with van der Waals surface area (Å²) < 4.78 is 0. The van der Waals surface area contributed by atoms with Crippen LogP contribution in [0.25, 0.3) is 0 Å². The van der Waals surface area contributed by atoms with E-state index in [1.807, 2.05) is 31.2 Å². The van der Waals surface area contributed by atoms with Gasteiger partial charge >= 0.3 is 0 Å². The first-order valence-electron chi connectivity index (χ1n) is 7.59. The highest BCUT2D eigenvalue weighted by Crippen LogP contribution is 2.15. The van der Waals surface area contributed by atoms with Crippen LogP contribution in [0.15, 0.2) is 24.3 Å². The minimum atomic E-state index is -0.173. The summed E-state index contributed by atoms with van der Waals surface area (Å²) in [5.74, 6) is -0.176. The van der Waals surface area contributed by atoms with Crippen molar-refractivity contribution in [2.45, 2.75) is 25.8 Å². The van der Waals surface area contributed by atoms with Gasteiger partial charge in [-0.1, -0.05) is 23.7 Å². The van der Waals surface area contributed by atoms with Crippen LogP contribution in [-0.4, -0.2) is 42.9 Å². The second-order valence-corrected chi connectivity index (χ2v) is 5.96. The van der Waals surface area contributed by atoms with Gasteiger partial charge in [-0.2, -0.15) is 0 Å². The Bertz CT molecular complexity index is 513. The summed E-state index contributed by atoms with van der Waals surface area (Å²) in [5, 5.41) is 6.48. The maximum absolute atomic E-state index is 11.8. The van der Waals surface area contributed by atoms with E-state index in [0.717, 1.165) is 31.5 Å². The molecule has 0 aromatic heterocycles. The summed E-state index contributed by atoms with van der Waals surface area (Å²) in [4.78, 5) is 25.4. The first-order valence-corrected chi connectivity index (χ1v) is 7.97. The van der Waals surface area contributed by atoms with Crippen LogP contribution < -0.4 is 10.6 Å². The Balaban J connectivity index is 1.68. The number of hydrogen-bond acceptors (Lipinski definition) is 3. The summed E-state index contributed by atoms with van der Waals surface area (Å²) in [6.45, 7) is 3.85. The molecule has 1 unspecified atom stereocenters. The van der Waals surface area contributed by atoms with Gasteiger partial charge in [-0.05, 0) is 37.5 Å². The molecule has 1 aromatic rings. The molecule has 0 aliphatic carbocycles. The third-order valence-electron chi connectivity index (χ3n) is 3.83. The number of rotatable bonds is 6. The molecule has 1 saturated heterocycles. The van der Waals surface area contributed by atoms with Crippen molar-refractivity contribution in [1.29, 1.82) is 0 Å². The van der Waals surface area contributed by atoms with E-state index in [1.54, 1.807) is 4.90 Å². The fraction of sp³-hybridized carbons (Fsp3) is 0.500. The molecule has 1 heterocycles.